The van der Waals surface area contributed by atoms with Gasteiger partial charge in [-0.25, -0.2) is 4.79 Å². The second kappa shape index (κ2) is 7.96. The minimum Gasteiger partial charge on any atom is -0.339 e. The van der Waals surface area contributed by atoms with E-state index in [2.05, 4.69) is 39.8 Å². The topological polar surface area (TPSA) is 80.0 Å². The average molecular weight is 340 g/mol. The Morgan fingerprint density at radius 1 is 1.28 bits per heavy atom. The predicted molar refractivity (Wildman–Crippen MR) is 96.0 cm³/mol. The lowest BCUT2D eigenvalue weighted by atomic mass is 9.91. The van der Waals surface area contributed by atoms with E-state index < -0.39 is 0 Å². The molecule has 2 amide bonds. The van der Waals surface area contributed by atoms with E-state index in [0.717, 1.165) is 18.4 Å². The third-order valence-electron chi connectivity index (χ3n) is 4.53. The largest absolute Gasteiger partial charge is 0.339 e. The summed E-state index contributed by atoms with van der Waals surface area (Å²) in [6, 6.07) is 9.72. The molecule has 0 fully saturated rings. The van der Waals surface area contributed by atoms with Crippen molar-refractivity contribution >= 4 is 6.03 Å². The number of aromatic nitrogens is 2. The number of amides is 2. The molecule has 132 valence electrons. The fourth-order valence-electron chi connectivity index (χ4n) is 2.84. The van der Waals surface area contributed by atoms with E-state index in [0.29, 0.717) is 24.2 Å². The van der Waals surface area contributed by atoms with Crippen LogP contribution in [-0.2, 0) is 0 Å². The maximum atomic E-state index is 12.1. The van der Waals surface area contributed by atoms with Gasteiger partial charge in [0.15, 0.2) is 0 Å². The molecule has 0 radical (unpaired) electrons. The molecule has 0 saturated heterocycles. The molecule has 2 N–H and O–H groups in total. The fourth-order valence-corrected chi connectivity index (χ4v) is 2.84. The maximum Gasteiger partial charge on any atom is 0.315 e. The van der Waals surface area contributed by atoms with Crippen molar-refractivity contribution in [1.29, 1.82) is 0 Å². The number of hydrogen-bond donors (Lipinski definition) is 2. The van der Waals surface area contributed by atoms with E-state index in [-0.39, 0.29) is 18.0 Å². The van der Waals surface area contributed by atoms with Crippen LogP contribution in [0.3, 0.4) is 0 Å². The van der Waals surface area contributed by atoms with Crippen LogP contribution < -0.4 is 10.6 Å². The molecule has 3 rings (SSSR count). The third-order valence-corrected chi connectivity index (χ3v) is 4.53. The summed E-state index contributed by atoms with van der Waals surface area (Å²) in [5, 5.41) is 9.95. The highest BCUT2D eigenvalue weighted by atomic mass is 16.5. The second-order valence-corrected chi connectivity index (χ2v) is 6.60. The van der Waals surface area contributed by atoms with Crippen molar-refractivity contribution in [3.63, 3.8) is 0 Å². The Hall–Kier alpha value is -2.63. The molecule has 0 saturated carbocycles. The van der Waals surface area contributed by atoms with Crippen molar-refractivity contribution in [2.75, 3.05) is 6.54 Å². The fraction of sp³-hybridized carbons (Fsp3) is 0.421. The van der Waals surface area contributed by atoms with Gasteiger partial charge in [0.1, 0.15) is 0 Å². The number of urea groups is 1. The second-order valence-electron chi connectivity index (χ2n) is 6.60. The van der Waals surface area contributed by atoms with E-state index >= 15 is 0 Å². The number of carbonyl (C=O) groups is 1. The Bertz CT molecular complexity index is 726. The lowest BCUT2D eigenvalue weighted by Crippen LogP contribution is -2.46. The molecule has 25 heavy (non-hydrogen) atoms. The van der Waals surface area contributed by atoms with Crippen molar-refractivity contribution in [1.82, 2.24) is 20.8 Å². The first-order valence-corrected chi connectivity index (χ1v) is 8.72. The van der Waals surface area contributed by atoms with Crippen molar-refractivity contribution < 1.29 is 9.32 Å². The van der Waals surface area contributed by atoms with Gasteiger partial charge in [-0.05, 0) is 18.8 Å². The van der Waals surface area contributed by atoms with Gasteiger partial charge in [0, 0.05) is 18.2 Å². The van der Waals surface area contributed by atoms with Crippen molar-refractivity contribution in [2.24, 2.45) is 5.92 Å². The molecule has 1 aliphatic carbocycles. The zero-order valence-corrected chi connectivity index (χ0v) is 14.6. The summed E-state index contributed by atoms with van der Waals surface area (Å²) in [5.74, 6) is 1.49. The van der Waals surface area contributed by atoms with E-state index in [1.807, 2.05) is 37.3 Å². The molecule has 0 bridgehead atoms. The standard InChI is InChI=1S/C19H24N4O2/c1-13-8-6-7-11-16(13)21-19(24)20-12-14(2)18-22-17(23-25-18)15-9-4-3-5-10-15/h3-7,9-10,13-14,16H,8,11-12H2,1-2H3,(H2,20,21,24)/t13-,14?,16-/m1/s1. The first-order valence-electron chi connectivity index (χ1n) is 8.72. The molecule has 2 aromatic rings. The van der Waals surface area contributed by atoms with Crippen LogP contribution in [0.5, 0.6) is 0 Å². The highest BCUT2D eigenvalue weighted by molar-refractivity contribution is 5.74. The number of allylic oxidation sites excluding steroid dienone is 1. The Kier molecular flexibility index (Phi) is 5.48. The zero-order chi connectivity index (χ0) is 17.6. The van der Waals surface area contributed by atoms with Crippen LogP contribution >= 0.6 is 0 Å². The zero-order valence-electron chi connectivity index (χ0n) is 14.6. The maximum absolute atomic E-state index is 12.1. The van der Waals surface area contributed by atoms with Gasteiger partial charge < -0.3 is 15.2 Å². The van der Waals surface area contributed by atoms with E-state index in [1.165, 1.54) is 0 Å². The molecule has 1 heterocycles. The van der Waals surface area contributed by atoms with Gasteiger partial charge in [-0.1, -0.05) is 61.5 Å². The van der Waals surface area contributed by atoms with Crippen LogP contribution in [-0.4, -0.2) is 28.8 Å². The smallest absolute Gasteiger partial charge is 0.315 e. The molecule has 1 aromatic heterocycles. The molecular weight excluding hydrogens is 316 g/mol. The van der Waals surface area contributed by atoms with Crippen LogP contribution in [0, 0.1) is 5.92 Å². The van der Waals surface area contributed by atoms with Crippen LogP contribution in [0.25, 0.3) is 11.4 Å². The summed E-state index contributed by atoms with van der Waals surface area (Å²) in [6.45, 7) is 4.55. The van der Waals surface area contributed by atoms with Crippen molar-refractivity contribution in [3.8, 4) is 11.4 Å². The lowest BCUT2D eigenvalue weighted by molar-refractivity contribution is 0.230. The van der Waals surface area contributed by atoms with Gasteiger partial charge in [-0.2, -0.15) is 4.98 Å². The summed E-state index contributed by atoms with van der Waals surface area (Å²) >= 11 is 0. The molecule has 3 atom stereocenters. The SMILES string of the molecule is CC(CNC(=O)N[C@@H]1CC=CC[C@H]1C)c1nc(-c2ccccc2)no1. The van der Waals surface area contributed by atoms with Gasteiger partial charge in [-0.3, -0.25) is 0 Å². The quantitative estimate of drug-likeness (QED) is 0.817. The summed E-state index contributed by atoms with van der Waals surface area (Å²) < 4.78 is 5.34. The summed E-state index contributed by atoms with van der Waals surface area (Å²) in [4.78, 5) is 16.5. The molecular formula is C19H24N4O2. The monoisotopic (exact) mass is 340 g/mol. The van der Waals surface area contributed by atoms with Gasteiger partial charge in [-0.15, -0.1) is 0 Å². The average Bonchev–Trinajstić information content (AvgIpc) is 3.13. The van der Waals surface area contributed by atoms with E-state index in [1.54, 1.807) is 0 Å². The highest BCUT2D eigenvalue weighted by Crippen LogP contribution is 2.20. The minimum absolute atomic E-state index is 0.0561. The molecule has 0 aliphatic heterocycles. The highest BCUT2D eigenvalue weighted by Gasteiger charge is 2.21. The number of nitrogens with zero attached hydrogens (tertiary/aromatic N) is 2. The molecule has 1 aromatic carbocycles. The first-order chi connectivity index (χ1) is 12.1. The Morgan fingerprint density at radius 2 is 2.04 bits per heavy atom. The Balaban J connectivity index is 1.51. The van der Waals surface area contributed by atoms with Crippen LogP contribution in [0.4, 0.5) is 4.79 Å². The van der Waals surface area contributed by atoms with Crippen LogP contribution in [0.15, 0.2) is 47.0 Å². The van der Waals surface area contributed by atoms with Gasteiger partial charge in [0.05, 0.1) is 5.92 Å². The molecule has 6 nitrogen and oxygen atoms in total. The number of rotatable bonds is 5. The Morgan fingerprint density at radius 3 is 2.80 bits per heavy atom. The Labute approximate surface area is 147 Å². The van der Waals surface area contributed by atoms with E-state index in [4.69, 9.17) is 4.52 Å². The lowest BCUT2D eigenvalue weighted by Gasteiger charge is -2.26. The van der Waals surface area contributed by atoms with E-state index in [9.17, 15) is 4.79 Å². The molecule has 0 spiro atoms. The number of benzene rings is 1. The third kappa shape index (κ3) is 4.47. The van der Waals surface area contributed by atoms with Crippen LogP contribution in [0.2, 0.25) is 0 Å². The van der Waals surface area contributed by atoms with Crippen LogP contribution in [0.1, 0.15) is 38.5 Å². The number of hydrogen-bond acceptors (Lipinski definition) is 4. The normalized spacial score (nSPS) is 20.9. The van der Waals surface area contributed by atoms with Gasteiger partial charge in [0.2, 0.25) is 11.7 Å². The summed E-state index contributed by atoms with van der Waals surface area (Å²) in [6.07, 6.45) is 6.18. The van der Waals surface area contributed by atoms with Gasteiger partial charge in [0.25, 0.3) is 0 Å². The number of nitrogens with one attached hydrogen (secondary N) is 2. The summed E-state index contributed by atoms with van der Waals surface area (Å²) in [5.41, 5.74) is 0.912. The number of carbonyl (C=O) groups excluding carboxylic acids is 1. The van der Waals surface area contributed by atoms with Gasteiger partial charge >= 0.3 is 6.03 Å². The van der Waals surface area contributed by atoms with Crippen molar-refractivity contribution in [3.05, 3.63) is 48.4 Å². The first kappa shape index (κ1) is 17.2. The summed E-state index contributed by atoms with van der Waals surface area (Å²) in [7, 11) is 0. The van der Waals surface area contributed by atoms with Crippen molar-refractivity contribution in [2.45, 2.75) is 38.6 Å². The molecule has 1 aliphatic rings. The minimum atomic E-state index is -0.151. The molecule has 1 unspecified atom stereocenters. The molecule has 6 heteroatoms. The predicted octanol–water partition coefficient (Wildman–Crippen LogP) is 3.49.